The topological polar surface area (TPSA) is 122 Å². The van der Waals surface area contributed by atoms with Crippen molar-refractivity contribution in [2.24, 2.45) is 5.14 Å². The largest absolute Gasteiger partial charge is 0.329 e. The molecule has 2 aromatic rings. The smallest absolute Gasteiger partial charge is 0.322 e. The number of amides is 3. The third-order valence-corrected chi connectivity index (χ3v) is 5.77. The van der Waals surface area contributed by atoms with E-state index in [2.05, 4.69) is 16.7 Å². The highest BCUT2D eigenvalue weighted by Crippen LogP contribution is 2.28. The van der Waals surface area contributed by atoms with Gasteiger partial charge in [-0.25, -0.2) is 18.4 Å². The van der Waals surface area contributed by atoms with Gasteiger partial charge in [-0.1, -0.05) is 29.3 Å². The minimum absolute atomic E-state index is 0.0246. The fraction of sp³-hybridized carbons (Fsp3) is 0.263. The predicted molar refractivity (Wildman–Crippen MR) is 112 cm³/mol. The Bertz CT molecular complexity index is 1070. The predicted octanol–water partition coefficient (Wildman–Crippen LogP) is 2.40. The SMILES string of the molecule is Cc1ccc2c(c1)CCCN2C(=O)NCC(=O)Nc1ccc(S(N)(=O)=O)cc1Cl. The van der Waals surface area contributed by atoms with Crippen molar-refractivity contribution < 1.29 is 18.0 Å². The maximum atomic E-state index is 12.6. The Morgan fingerprint density at radius 3 is 2.66 bits per heavy atom. The molecule has 3 amide bonds. The summed E-state index contributed by atoms with van der Waals surface area (Å²) >= 11 is 6.00. The van der Waals surface area contributed by atoms with Crippen LogP contribution in [0.5, 0.6) is 0 Å². The zero-order chi connectivity index (χ0) is 21.2. The lowest BCUT2D eigenvalue weighted by Crippen LogP contribution is -2.45. The highest BCUT2D eigenvalue weighted by molar-refractivity contribution is 7.89. The van der Waals surface area contributed by atoms with Gasteiger partial charge in [0, 0.05) is 12.2 Å². The first kappa shape index (κ1) is 21.1. The molecule has 1 heterocycles. The number of fused-ring (bicyclic) bond motifs is 1. The van der Waals surface area contributed by atoms with Crippen molar-refractivity contribution in [2.75, 3.05) is 23.3 Å². The highest BCUT2D eigenvalue weighted by Gasteiger charge is 2.23. The molecule has 1 aliphatic rings. The van der Waals surface area contributed by atoms with Crippen LogP contribution in [0.3, 0.4) is 0 Å². The molecule has 29 heavy (non-hydrogen) atoms. The van der Waals surface area contributed by atoms with Crippen molar-refractivity contribution in [3.63, 3.8) is 0 Å². The molecule has 0 fully saturated rings. The number of hydrogen-bond donors (Lipinski definition) is 3. The molecular weight excluding hydrogens is 416 g/mol. The van der Waals surface area contributed by atoms with Crippen LogP contribution >= 0.6 is 11.6 Å². The molecule has 3 rings (SSSR count). The first-order valence-electron chi connectivity index (χ1n) is 8.92. The summed E-state index contributed by atoms with van der Waals surface area (Å²) in [5.74, 6) is -0.496. The van der Waals surface area contributed by atoms with Crippen LogP contribution in [0.15, 0.2) is 41.3 Å². The van der Waals surface area contributed by atoms with E-state index in [-0.39, 0.29) is 28.2 Å². The number of nitrogens with zero attached hydrogens (tertiary/aromatic N) is 1. The molecule has 0 atom stereocenters. The number of nitrogens with one attached hydrogen (secondary N) is 2. The van der Waals surface area contributed by atoms with Crippen LogP contribution in [0.25, 0.3) is 0 Å². The molecule has 4 N–H and O–H groups in total. The van der Waals surface area contributed by atoms with Gasteiger partial charge >= 0.3 is 6.03 Å². The minimum atomic E-state index is -3.89. The summed E-state index contributed by atoms with van der Waals surface area (Å²) in [5, 5.41) is 10.2. The van der Waals surface area contributed by atoms with Gasteiger partial charge in [-0.2, -0.15) is 0 Å². The van der Waals surface area contributed by atoms with E-state index >= 15 is 0 Å². The Kier molecular flexibility index (Phi) is 6.11. The van der Waals surface area contributed by atoms with Crippen LogP contribution in [0.4, 0.5) is 16.2 Å². The number of rotatable bonds is 4. The number of urea groups is 1. The molecule has 154 valence electrons. The second kappa shape index (κ2) is 8.40. The summed E-state index contributed by atoms with van der Waals surface area (Å²) in [5.41, 5.74) is 3.31. The number of nitrogens with two attached hydrogens (primary N) is 1. The number of hydrogen-bond acceptors (Lipinski definition) is 4. The quantitative estimate of drug-likeness (QED) is 0.681. The first-order valence-corrected chi connectivity index (χ1v) is 10.8. The van der Waals surface area contributed by atoms with Gasteiger partial charge in [-0.15, -0.1) is 0 Å². The van der Waals surface area contributed by atoms with Gasteiger partial charge in [0.05, 0.1) is 22.2 Å². The lowest BCUT2D eigenvalue weighted by atomic mass is 10.00. The molecule has 10 heteroatoms. The third kappa shape index (κ3) is 5.06. The molecule has 0 aliphatic carbocycles. The Labute approximate surface area is 174 Å². The van der Waals surface area contributed by atoms with E-state index < -0.39 is 15.9 Å². The van der Waals surface area contributed by atoms with Gasteiger partial charge in [-0.05, 0) is 49.6 Å². The van der Waals surface area contributed by atoms with Crippen LogP contribution in [0, 0.1) is 6.92 Å². The summed E-state index contributed by atoms with van der Waals surface area (Å²) in [6, 6.07) is 9.29. The molecule has 0 radical (unpaired) electrons. The standard InChI is InChI=1S/C19H21ClN4O4S/c1-12-4-7-17-13(9-12)3-2-8-24(17)19(26)22-11-18(25)23-16-6-5-14(10-15(16)20)29(21,27)28/h4-7,9-10H,2-3,8,11H2,1H3,(H,22,26)(H,23,25)(H2,21,27,28). The van der Waals surface area contributed by atoms with E-state index in [0.717, 1.165) is 35.7 Å². The fourth-order valence-electron chi connectivity index (χ4n) is 3.16. The zero-order valence-corrected chi connectivity index (χ0v) is 17.3. The number of benzene rings is 2. The molecule has 0 saturated carbocycles. The van der Waals surface area contributed by atoms with Gasteiger partial charge in [0.15, 0.2) is 0 Å². The molecule has 0 unspecified atom stereocenters. The van der Waals surface area contributed by atoms with E-state index in [9.17, 15) is 18.0 Å². The number of halogens is 1. The summed E-state index contributed by atoms with van der Waals surface area (Å²) < 4.78 is 22.7. The van der Waals surface area contributed by atoms with E-state index in [0.29, 0.717) is 6.54 Å². The average Bonchev–Trinajstić information content (AvgIpc) is 2.66. The Morgan fingerprint density at radius 1 is 1.21 bits per heavy atom. The maximum absolute atomic E-state index is 12.6. The van der Waals surface area contributed by atoms with Crippen LogP contribution in [-0.2, 0) is 21.2 Å². The molecule has 1 aliphatic heterocycles. The van der Waals surface area contributed by atoms with Gasteiger partial charge < -0.3 is 10.6 Å². The van der Waals surface area contributed by atoms with Crippen LogP contribution in [-0.4, -0.2) is 33.4 Å². The second-order valence-electron chi connectivity index (χ2n) is 6.78. The van der Waals surface area contributed by atoms with E-state index in [4.69, 9.17) is 16.7 Å². The number of anilines is 2. The second-order valence-corrected chi connectivity index (χ2v) is 8.75. The van der Waals surface area contributed by atoms with Gasteiger partial charge in [0.2, 0.25) is 15.9 Å². The average molecular weight is 437 g/mol. The molecule has 0 spiro atoms. The van der Waals surface area contributed by atoms with E-state index in [1.165, 1.54) is 12.1 Å². The van der Waals surface area contributed by atoms with E-state index in [1.807, 2.05) is 19.1 Å². The molecule has 0 saturated heterocycles. The Morgan fingerprint density at radius 2 is 1.97 bits per heavy atom. The molecule has 0 aromatic heterocycles. The van der Waals surface area contributed by atoms with Gasteiger partial charge in [-0.3, -0.25) is 9.69 Å². The number of carbonyl (C=O) groups excluding carboxylic acids is 2. The van der Waals surface area contributed by atoms with Crippen molar-refractivity contribution in [3.8, 4) is 0 Å². The van der Waals surface area contributed by atoms with Gasteiger partial charge in [0.1, 0.15) is 0 Å². The Balaban J connectivity index is 1.61. The lowest BCUT2D eigenvalue weighted by molar-refractivity contribution is -0.115. The number of sulfonamides is 1. The first-order chi connectivity index (χ1) is 13.6. The fourth-order valence-corrected chi connectivity index (χ4v) is 3.99. The monoisotopic (exact) mass is 436 g/mol. The van der Waals surface area contributed by atoms with Crippen molar-refractivity contribution in [3.05, 3.63) is 52.5 Å². The van der Waals surface area contributed by atoms with Crippen molar-refractivity contribution in [2.45, 2.75) is 24.7 Å². The number of primary sulfonamides is 1. The van der Waals surface area contributed by atoms with E-state index in [1.54, 1.807) is 4.90 Å². The molecule has 2 aromatic carbocycles. The zero-order valence-electron chi connectivity index (χ0n) is 15.7. The number of aryl methyl sites for hydroxylation is 2. The third-order valence-electron chi connectivity index (χ3n) is 4.54. The van der Waals surface area contributed by atoms with Gasteiger partial charge in [0.25, 0.3) is 0 Å². The maximum Gasteiger partial charge on any atom is 0.322 e. The summed E-state index contributed by atoms with van der Waals surface area (Å²) in [6.07, 6.45) is 1.76. The highest BCUT2D eigenvalue weighted by atomic mass is 35.5. The summed E-state index contributed by atoms with van der Waals surface area (Å²) in [6.45, 7) is 2.32. The van der Waals surface area contributed by atoms with Crippen LogP contribution < -0.4 is 20.7 Å². The number of carbonyl (C=O) groups is 2. The molecular formula is C19H21ClN4O4S. The minimum Gasteiger partial charge on any atom is -0.329 e. The lowest BCUT2D eigenvalue weighted by Gasteiger charge is -2.29. The van der Waals surface area contributed by atoms with Crippen LogP contribution in [0.2, 0.25) is 5.02 Å². The molecule has 8 nitrogen and oxygen atoms in total. The normalized spacial score (nSPS) is 13.6. The van der Waals surface area contributed by atoms with Crippen molar-refractivity contribution in [1.29, 1.82) is 0 Å². The van der Waals surface area contributed by atoms with Crippen molar-refractivity contribution >= 4 is 44.9 Å². The summed E-state index contributed by atoms with van der Waals surface area (Å²) in [4.78, 5) is 26.2. The Hall–Kier alpha value is -2.62. The molecule has 0 bridgehead atoms. The summed E-state index contributed by atoms with van der Waals surface area (Å²) in [7, 11) is -3.89. The van der Waals surface area contributed by atoms with Crippen molar-refractivity contribution in [1.82, 2.24) is 5.32 Å². The van der Waals surface area contributed by atoms with Crippen LogP contribution in [0.1, 0.15) is 17.5 Å².